The lowest BCUT2D eigenvalue weighted by atomic mass is 9.89. The third kappa shape index (κ3) is 6.96. The molecular formula is C32H41N6O3S. The fourth-order valence-electron chi connectivity index (χ4n) is 6.51. The zero-order chi connectivity index (χ0) is 29.6. The number of aldehydes is 1. The largest absolute Gasteiger partial charge is 0.462 e. The predicted molar refractivity (Wildman–Crippen MR) is 166 cm³/mol. The molecule has 0 bridgehead atoms. The number of ether oxygens (including phenoxy) is 1. The van der Waals surface area contributed by atoms with E-state index in [2.05, 4.69) is 59.6 Å². The summed E-state index contributed by atoms with van der Waals surface area (Å²) in [5.41, 5.74) is 4.55. The summed E-state index contributed by atoms with van der Waals surface area (Å²) in [7, 11) is 2.10. The fourth-order valence-corrected chi connectivity index (χ4v) is 7.81. The number of hydrogen-bond donors (Lipinski definition) is 0. The number of nitriles is 1. The van der Waals surface area contributed by atoms with E-state index in [4.69, 9.17) is 9.73 Å². The highest BCUT2D eigenvalue weighted by Crippen LogP contribution is 2.37. The maximum atomic E-state index is 12.5. The fraction of sp³-hybridized carbons (Fsp3) is 0.562. The number of carbonyl (C=O) groups excluding carboxylic acids is 2. The molecule has 1 aromatic rings. The zero-order valence-corrected chi connectivity index (χ0v) is 25.5. The number of amidine groups is 1. The van der Waals surface area contributed by atoms with Gasteiger partial charge in [0.05, 0.1) is 24.2 Å². The summed E-state index contributed by atoms with van der Waals surface area (Å²) < 4.78 is 6.11. The van der Waals surface area contributed by atoms with Gasteiger partial charge in [-0.25, -0.2) is 4.99 Å². The Morgan fingerprint density at radius 3 is 2.81 bits per heavy atom. The number of piperazine rings is 1. The van der Waals surface area contributed by atoms with Gasteiger partial charge in [0.1, 0.15) is 6.61 Å². The molecule has 2 saturated heterocycles. The van der Waals surface area contributed by atoms with Gasteiger partial charge in [-0.3, -0.25) is 14.5 Å². The van der Waals surface area contributed by atoms with E-state index in [1.165, 1.54) is 22.8 Å². The van der Waals surface area contributed by atoms with Crippen LogP contribution in [0.1, 0.15) is 48.8 Å². The molecule has 223 valence electrons. The van der Waals surface area contributed by atoms with Crippen LogP contribution in [0.5, 0.6) is 0 Å². The van der Waals surface area contributed by atoms with Crippen LogP contribution in [0, 0.1) is 30.3 Å². The maximum Gasteiger partial charge on any atom is 0.314 e. The van der Waals surface area contributed by atoms with Crippen molar-refractivity contribution in [2.45, 2.75) is 68.5 Å². The van der Waals surface area contributed by atoms with Gasteiger partial charge in [0, 0.05) is 42.6 Å². The lowest BCUT2D eigenvalue weighted by molar-refractivity contribution is -0.130. The number of benzene rings is 1. The normalized spacial score (nSPS) is 27.0. The molecule has 9 nitrogen and oxygen atoms in total. The number of thioether (sulfide) groups is 1. The number of hydrogen-bond acceptors (Lipinski definition) is 9. The Hall–Kier alpha value is -3.00. The predicted octanol–water partition coefficient (Wildman–Crippen LogP) is 3.77. The Kier molecular flexibility index (Phi) is 10.1. The number of nitrogens with zero attached hydrogens (tertiary/aromatic N) is 6. The van der Waals surface area contributed by atoms with Crippen LogP contribution in [-0.2, 0) is 26.5 Å². The highest BCUT2D eigenvalue weighted by Gasteiger charge is 2.41. The molecule has 2 fully saturated rings. The van der Waals surface area contributed by atoms with Crippen molar-refractivity contribution >= 4 is 35.7 Å². The van der Waals surface area contributed by atoms with E-state index in [0.717, 1.165) is 56.9 Å². The molecule has 10 heteroatoms. The van der Waals surface area contributed by atoms with Crippen molar-refractivity contribution in [1.82, 2.24) is 14.7 Å². The molecule has 0 N–H and O–H groups in total. The van der Waals surface area contributed by atoms with Gasteiger partial charge in [0.2, 0.25) is 5.91 Å². The molecule has 0 saturated carbocycles. The number of amides is 1. The van der Waals surface area contributed by atoms with Gasteiger partial charge < -0.3 is 14.5 Å². The van der Waals surface area contributed by atoms with Crippen molar-refractivity contribution < 1.29 is 14.3 Å². The van der Waals surface area contributed by atoms with Crippen LogP contribution >= 0.6 is 11.8 Å². The molecule has 1 amide bonds. The van der Waals surface area contributed by atoms with Gasteiger partial charge in [-0.15, -0.1) is 0 Å². The van der Waals surface area contributed by atoms with Crippen molar-refractivity contribution in [2.75, 3.05) is 39.8 Å². The molecule has 5 rings (SSSR count). The van der Waals surface area contributed by atoms with Gasteiger partial charge in [0.15, 0.2) is 12.5 Å². The molecule has 42 heavy (non-hydrogen) atoms. The van der Waals surface area contributed by atoms with Crippen molar-refractivity contribution in [3.05, 3.63) is 53.7 Å². The van der Waals surface area contributed by atoms with Gasteiger partial charge in [0.25, 0.3) is 0 Å². The Morgan fingerprint density at radius 2 is 2.07 bits per heavy atom. The Morgan fingerprint density at radius 1 is 1.21 bits per heavy atom. The van der Waals surface area contributed by atoms with Crippen LogP contribution in [0.25, 0.3) is 0 Å². The van der Waals surface area contributed by atoms with Crippen LogP contribution in [0.2, 0.25) is 0 Å². The second-order valence-electron chi connectivity index (χ2n) is 11.7. The van der Waals surface area contributed by atoms with Crippen molar-refractivity contribution in [3.63, 3.8) is 0 Å². The lowest BCUT2D eigenvalue weighted by Crippen LogP contribution is -2.57. The Balaban J connectivity index is 1.35. The Bertz CT molecular complexity index is 1280. The first kappa shape index (κ1) is 30.5. The first-order valence-electron chi connectivity index (χ1n) is 15.0. The zero-order valence-electron chi connectivity index (χ0n) is 24.7. The second kappa shape index (κ2) is 14.0. The first-order valence-corrected chi connectivity index (χ1v) is 16.0. The van der Waals surface area contributed by atoms with Crippen LogP contribution < -0.4 is 0 Å². The van der Waals surface area contributed by atoms with E-state index in [0.29, 0.717) is 43.2 Å². The molecule has 4 heterocycles. The summed E-state index contributed by atoms with van der Waals surface area (Å²) in [4.78, 5) is 40.7. The third-order valence-electron chi connectivity index (χ3n) is 8.95. The summed E-state index contributed by atoms with van der Waals surface area (Å²) >= 11 is 1.98. The lowest BCUT2D eigenvalue weighted by Gasteiger charge is -2.44. The molecule has 0 aromatic heterocycles. The molecule has 0 spiro atoms. The number of likely N-dealkylation sites (tertiary alicyclic amines) is 1. The molecule has 1 radical (unpaired) electrons. The summed E-state index contributed by atoms with van der Waals surface area (Å²) in [6.45, 7) is 8.74. The Labute approximate surface area is 253 Å². The molecule has 0 aliphatic carbocycles. The van der Waals surface area contributed by atoms with Crippen LogP contribution in [0.3, 0.4) is 0 Å². The van der Waals surface area contributed by atoms with Crippen molar-refractivity contribution in [1.29, 1.82) is 5.26 Å². The molecule has 4 aliphatic rings. The van der Waals surface area contributed by atoms with Gasteiger partial charge >= 0.3 is 6.02 Å². The highest BCUT2D eigenvalue weighted by molar-refractivity contribution is 7.99. The van der Waals surface area contributed by atoms with Crippen LogP contribution in [-0.4, -0.2) is 95.8 Å². The van der Waals surface area contributed by atoms with E-state index < -0.39 is 0 Å². The molecule has 4 aliphatic heterocycles. The number of aliphatic imine (C=N–C) groups is 2. The summed E-state index contributed by atoms with van der Waals surface area (Å²) in [5, 5.41) is 9.96. The first-order chi connectivity index (χ1) is 20.4. The summed E-state index contributed by atoms with van der Waals surface area (Å²) in [6.07, 6.45) is 7.99. The molecule has 3 unspecified atom stereocenters. The molecule has 1 aromatic carbocycles. The second-order valence-corrected chi connectivity index (χ2v) is 13.0. The third-order valence-corrected chi connectivity index (χ3v) is 10.3. The number of aryl methyl sites for hydroxylation is 1. The highest BCUT2D eigenvalue weighted by atomic mass is 32.2. The van der Waals surface area contributed by atoms with E-state index in [1.807, 2.05) is 11.8 Å². The smallest absolute Gasteiger partial charge is 0.314 e. The number of carbonyl (C=O) groups is 2. The SMILES string of the molecule is C=CC(=O)N1CCN([C]2N=C(OCC3CCCN3C)N=C(C=O)C2CC[C@H]2Cc3cc(C)ccc3CS2)CC1CC#N. The van der Waals surface area contributed by atoms with Crippen LogP contribution in [0.15, 0.2) is 40.8 Å². The molecular weight excluding hydrogens is 548 g/mol. The minimum atomic E-state index is -0.290. The van der Waals surface area contributed by atoms with Gasteiger partial charge in [-0.2, -0.15) is 22.0 Å². The van der Waals surface area contributed by atoms with Crippen molar-refractivity contribution in [2.24, 2.45) is 15.9 Å². The number of rotatable bonds is 9. The topological polar surface area (TPSA) is 102 Å². The average Bonchev–Trinajstić information content (AvgIpc) is 3.42. The molecule has 4 atom stereocenters. The maximum absolute atomic E-state index is 12.5. The minimum Gasteiger partial charge on any atom is -0.462 e. The van der Waals surface area contributed by atoms with Crippen LogP contribution in [0.4, 0.5) is 0 Å². The quantitative estimate of drug-likeness (QED) is 0.319. The summed E-state index contributed by atoms with van der Waals surface area (Å²) in [5.74, 6) is 0.554. The van der Waals surface area contributed by atoms with Gasteiger partial charge in [-0.05, 0) is 69.8 Å². The average molecular weight is 590 g/mol. The van der Waals surface area contributed by atoms with E-state index in [-0.39, 0.29) is 30.3 Å². The van der Waals surface area contributed by atoms with Gasteiger partial charge in [-0.1, -0.05) is 30.3 Å². The summed E-state index contributed by atoms with van der Waals surface area (Å²) in [6, 6.07) is 9.19. The monoisotopic (exact) mass is 589 g/mol. The minimum absolute atomic E-state index is 0.173. The number of fused-ring (bicyclic) bond motifs is 1. The standard InChI is InChI=1S/C32H41N6O3S/c1-4-30(40)38-15-14-37(18-25(38)11-12-33)31-28(10-9-27-17-24-16-22(2)7-8-23(24)21-42-27)29(19-39)34-32(35-31)41-20-26-6-5-13-36(26)3/h4,7-8,16,19,25-28H,1,5-6,9-11,13-15,17-18,20-21H2,2-3H3/t25?,26?,27-,28?/m0/s1. The van der Waals surface area contributed by atoms with Crippen molar-refractivity contribution in [3.8, 4) is 6.07 Å². The van der Waals surface area contributed by atoms with E-state index >= 15 is 0 Å². The van der Waals surface area contributed by atoms with E-state index in [9.17, 15) is 14.9 Å². The van der Waals surface area contributed by atoms with E-state index in [1.54, 1.807) is 4.90 Å². The number of likely N-dealkylation sites (N-methyl/N-ethyl adjacent to an activating group) is 1.